The predicted molar refractivity (Wildman–Crippen MR) is 47.0 cm³/mol. The third kappa shape index (κ3) is 1.40. The van der Waals surface area contributed by atoms with Crippen LogP contribution in [-0.4, -0.2) is 18.2 Å². The average molecular weight is 200 g/mol. The highest BCUT2D eigenvalue weighted by Crippen LogP contribution is 2.36. The summed E-state index contributed by atoms with van der Waals surface area (Å²) in [6, 6.07) is 3.28. The van der Waals surface area contributed by atoms with Crippen molar-refractivity contribution in [1.82, 2.24) is 0 Å². The van der Waals surface area contributed by atoms with Gasteiger partial charge in [-0.25, -0.2) is 0 Å². The van der Waals surface area contributed by atoms with Gasteiger partial charge in [0.25, 0.3) is 0 Å². The summed E-state index contributed by atoms with van der Waals surface area (Å²) in [5.74, 6) is 1.22. The lowest BCUT2D eigenvalue weighted by atomic mass is 10.2. The van der Waals surface area contributed by atoms with Gasteiger partial charge in [-0.3, -0.25) is 0 Å². The summed E-state index contributed by atoms with van der Waals surface area (Å²) in [6.07, 6.45) is 1.24. The fraction of sp³-hybridized carbons (Fsp3) is 0.125. The standard InChI is InChI=1S/C8H6ClNO3/c9-6-2-8-7(12-4-13-8)1-5(6)3-10-11/h1-3,11H,4H2/b10-3-. The molecule has 0 saturated carbocycles. The molecule has 0 aliphatic carbocycles. The zero-order chi connectivity index (χ0) is 9.26. The summed E-state index contributed by atoms with van der Waals surface area (Å²) in [7, 11) is 0. The molecule has 0 aromatic heterocycles. The van der Waals surface area contributed by atoms with Crippen molar-refractivity contribution in [2.24, 2.45) is 5.16 Å². The van der Waals surface area contributed by atoms with Crippen LogP contribution in [0.4, 0.5) is 0 Å². The Morgan fingerprint density at radius 1 is 1.38 bits per heavy atom. The molecule has 68 valence electrons. The quantitative estimate of drug-likeness (QED) is 0.427. The Kier molecular flexibility index (Phi) is 1.98. The van der Waals surface area contributed by atoms with Crippen molar-refractivity contribution in [2.75, 3.05) is 6.79 Å². The molecule has 1 aliphatic heterocycles. The first-order chi connectivity index (χ1) is 6.31. The van der Waals surface area contributed by atoms with E-state index in [9.17, 15) is 0 Å². The van der Waals surface area contributed by atoms with Crippen LogP contribution in [0.15, 0.2) is 17.3 Å². The van der Waals surface area contributed by atoms with Gasteiger partial charge in [-0.15, -0.1) is 0 Å². The maximum Gasteiger partial charge on any atom is 0.231 e. The minimum atomic E-state index is 0.200. The number of oxime groups is 1. The molecule has 0 unspecified atom stereocenters. The van der Waals surface area contributed by atoms with E-state index in [1.807, 2.05) is 0 Å². The first-order valence-electron chi connectivity index (χ1n) is 3.58. The molecule has 1 aromatic carbocycles. The van der Waals surface area contributed by atoms with E-state index in [1.165, 1.54) is 6.21 Å². The molecule has 0 fully saturated rings. The molecule has 1 heterocycles. The van der Waals surface area contributed by atoms with Gasteiger partial charge in [0.05, 0.1) is 11.2 Å². The van der Waals surface area contributed by atoms with E-state index in [0.29, 0.717) is 22.1 Å². The van der Waals surface area contributed by atoms with Gasteiger partial charge in [0.2, 0.25) is 6.79 Å². The van der Waals surface area contributed by atoms with Crippen molar-refractivity contribution in [3.63, 3.8) is 0 Å². The lowest BCUT2D eigenvalue weighted by Crippen LogP contribution is -1.92. The van der Waals surface area contributed by atoms with Crippen LogP contribution in [0.25, 0.3) is 0 Å². The zero-order valence-electron chi connectivity index (χ0n) is 6.53. The molecule has 0 bridgehead atoms. The van der Waals surface area contributed by atoms with E-state index in [2.05, 4.69) is 5.16 Å². The molecule has 4 nitrogen and oxygen atoms in total. The monoisotopic (exact) mass is 199 g/mol. The molecule has 0 amide bonds. The Labute approximate surface area is 79.3 Å². The normalized spacial score (nSPS) is 13.9. The lowest BCUT2D eigenvalue weighted by Gasteiger charge is -1.99. The van der Waals surface area contributed by atoms with E-state index in [0.717, 1.165) is 0 Å². The van der Waals surface area contributed by atoms with Crippen LogP contribution in [0.3, 0.4) is 0 Å². The minimum absolute atomic E-state index is 0.200. The second kappa shape index (κ2) is 3.14. The molecular formula is C8H6ClNO3. The van der Waals surface area contributed by atoms with Gasteiger partial charge in [0.1, 0.15) is 0 Å². The minimum Gasteiger partial charge on any atom is -0.454 e. The van der Waals surface area contributed by atoms with Crippen LogP contribution < -0.4 is 9.47 Å². The molecule has 13 heavy (non-hydrogen) atoms. The number of hydrogen-bond donors (Lipinski definition) is 1. The van der Waals surface area contributed by atoms with Crippen LogP contribution >= 0.6 is 11.6 Å². The average Bonchev–Trinajstić information content (AvgIpc) is 2.52. The Morgan fingerprint density at radius 3 is 2.77 bits per heavy atom. The summed E-state index contributed by atoms with van der Waals surface area (Å²) in [5, 5.41) is 11.7. The Hall–Kier alpha value is -1.42. The van der Waals surface area contributed by atoms with E-state index in [-0.39, 0.29) is 6.79 Å². The number of fused-ring (bicyclic) bond motifs is 1. The van der Waals surface area contributed by atoms with Crippen molar-refractivity contribution in [3.8, 4) is 11.5 Å². The van der Waals surface area contributed by atoms with E-state index >= 15 is 0 Å². The van der Waals surface area contributed by atoms with Gasteiger partial charge in [0.15, 0.2) is 11.5 Å². The lowest BCUT2D eigenvalue weighted by molar-refractivity contribution is 0.174. The topological polar surface area (TPSA) is 51.1 Å². The zero-order valence-corrected chi connectivity index (χ0v) is 7.28. The van der Waals surface area contributed by atoms with E-state index in [4.69, 9.17) is 26.3 Å². The van der Waals surface area contributed by atoms with Crippen molar-refractivity contribution < 1.29 is 14.7 Å². The van der Waals surface area contributed by atoms with Gasteiger partial charge < -0.3 is 14.7 Å². The van der Waals surface area contributed by atoms with Crippen LogP contribution in [0.2, 0.25) is 5.02 Å². The third-order valence-electron chi connectivity index (χ3n) is 1.69. The van der Waals surface area contributed by atoms with Crippen molar-refractivity contribution in [2.45, 2.75) is 0 Å². The molecular weight excluding hydrogens is 194 g/mol. The summed E-state index contributed by atoms with van der Waals surface area (Å²) in [6.45, 7) is 0.200. The summed E-state index contributed by atoms with van der Waals surface area (Å²) in [5.41, 5.74) is 0.591. The first kappa shape index (κ1) is 8.19. The van der Waals surface area contributed by atoms with Gasteiger partial charge in [-0.2, -0.15) is 0 Å². The highest BCUT2D eigenvalue weighted by Gasteiger charge is 2.15. The molecule has 0 saturated heterocycles. The maximum absolute atomic E-state index is 8.33. The number of ether oxygens (including phenoxy) is 2. The Bertz CT molecular complexity index is 365. The molecule has 1 N–H and O–H groups in total. The van der Waals surface area contributed by atoms with Crippen molar-refractivity contribution >= 4 is 17.8 Å². The molecule has 1 aromatic rings. The second-order valence-electron chi connectivity index (χ2n) is 2.47. The molecule has 5 heteroatoms. The number of rotatable bonds is 1. The van der Waals surface area contributed by atoms with Crippen LogP contribution in [-0.2, 0) is 0 Å². The van der Waals surface area contributed by atoms with Gasteiger partial charge in [-0.05, 0) is 6.07 Å². The highest BCUT2D eigenvalue weighted by atomic mass is 35.5. The van der Waals surface area contributed by atoms with Crippen molar-refractivity contribution in [1.29, 1.82) is 0 Å². The number of hydrogen-bond acceptors (Lipinski definition) is 4. The van der Waals surface area contributed by atoms with Gasteiger partial charge in [0, 0.05) is 11.6 Å². The molecule has 0 spiro atoms. The Morgan fingerprint density at radius 2 is 2.08 bits per heavy atom. The maximum atomic E-state index is 8.33. The second-order valence-corrected chi connectivity index (χ2v) is 2.88. The third-order valence-corrected chi connectivity index (χ3v) is 2.02. The molecule has 2 rings (SSSR count). The smallest absolute Gasteiger partial charge is 0.231 e. The van der Waals surface area contributed by atoms with Crippen molar-refractivity contribution in [3.05, 3.63) is 22.7 Å². The molecule has 1 aliphatic rings. The van der Waals surface area contributed by atoms with E-state index in [1.54, 1.807) is 12.1 Å². The number of nitrogens with zero attached hydrogens (tertiary/aromatic N) is 1. The fourth-order valence-electron chi connectivity index (χ4n) is 1.09. The first-order valence-corrected chi connectivity index (χ1v) is 3.95. The van der Waals surface area contributed by atoms with Gasteiger partial charge >= 0.3 is 0 Å². The number of benzene rings is 1. The summed E-state index contributed by atoms with van der Waals surface area (Å²) in [4.78, 5) is 0. The highest BCUT2D eigenvalue weighted by molar-refractivity contribution is 6.33. The summed E-state index contributed by atoms with van der Waals surface area (Å²) < 4.78 is 10.2. The SMILES string of the molecule is O/N=C\c1cc2c(cc1Cl)OCO2. The predicted octanol–water partition coefficient (Wildman–Crippen LogP) is 1.88. The molecule has 0 radical (unpaired) electrons. The number of halogens is 1. The largest absolute Gasteiger partial charge is 0.454 e. The van der Waals surface area contributed by atoms with E-state index < -0.39 is 0 Å². The van der Waals surface area contributed by atoms with Crippen LogP contribution in [0.1, 0.15) is 5.56 Å². The van der Waals surface area contributed by atoms with Crippen LogP contribution in [0, 0.1) is 0 Å². The Balaban J connectivity index is 2.49. The summed E-state index contributed by atoms with van der Waals surface area (Å²) >= 11 is 5.85. The molecule has 0 atom stereocenters. The fourth-order valence-corrected chi connectivity index (χ4v) is 1.30. The van der Waals surface area contributed by atoms with Gasteiger partial charge in [-0.1, -0.05) is 16.8 Å². The van der Waals surface area contributed by atoms with Crippen LogP contribution in [0.5, 0.6) is 11.5 Å².